The highest BCUT2D eigenvalue weighted by Gasteiger charge is 2.31. The van der Waals surface area contributed by atoms with E-state index < -0.39 is 11.2 Å². The van der Waals surface area contributed by atoms with Crippen LogP contribution in [0.25, 0.3) is 11.0 Å². The molecule has 2 atom stereocenters. The molecule has 0 spiro atoms. The van der Waals surface area contributed by atoms with Crippen LogP contribution in [-0.4, -0.2) is 73.9 Å². The van der Waals surface area contributed by atoms with Crippen LogP contribution in [-0.2, 0) is 15.9 Å². The highest BCUT2D eigenvalue weighted by molar-refractivity contribution is 5.78. The largest absolute Gasteiger partial charge is 0.444 e. The number of amides is 2. The van der Waals surface area contributed by atoms with Crippen LogP contribution in [0.1, 0.15) is 84.5 Å². The smallest absolute Gasteiger partial charge is 0.410 e. The zero-order valence-electron chi connectivity index (χ0n) is 27.0. The highest BCUT2D eigenvalue weighted by atomic mass is 16.6. The van der Waals surface area contributed by atoms with Crippen molar-refractivity contribution in [2.45, 2.75) is 97.8 Å². The topological polar surface area (TPSA) is 89.8 Å². The van der Waals surface area contributed by atoms with E-state index in [0.717, 1.165) is 42.4 Å². The molecule has 1 aliphatic carbocycles. The lowest BCUT2D eigenvalue weighted by Crippen LogP contribution is -2.42. The fraction of sp³-hybridized carbons (Fsp3) is 0.588. The maximum absolute atomic E-state index is 13.4. The van der Waals surface area contributed by atoms with Crippen molar-refractivity contribution in [1.29, 1.82) is 0 Å². The molecule has 3 aromatic rings. The molecule has 2 aromatic heterocycles. The number of carbonyl (C=O) groups excluding carboxylic acids is 2. The van der Waals surface area contributed by atoms with Crippen molar-refractivity contribution < 1.29 is 19.1 Å². The Labute approximate surface area is 256 Å². The maximum atomic E-state index is 13.4. The lowest BCUT2D eigenvalue weighted by molar-refractivity contribution is 0.0186. The van der Waals surface area contributed by atoms with Gasteiger partial charge in [-0.25, -0.2) is 19.6 Å². The summed E-state index contributed by atoms with van der Waals surface area (Å²) < 4.78 is 13.8. The Kier molecular flexibility index (Phi) is 10.4. The van der Waals surface area contributed by atoms with Gasteiger partial charge in [-0.1, -0.05) is 30.3 Å². The zero-order chi connectivity index (χ0) is 31.2. The van der Waals surface area contributed by atoms with E-state index in [1.54, 1.807) is 11.2 Å². The van der Waals surface area contributed by atoms with Crippen molar-refractivity contribution in [3.63, 3.8) is 0 Å². The Morgan fingerprint density at radius 3 is 2.21 bits per heavy atom. The first-order valence-electron chi connectivity index (χ1n) is 15.6. The summed E-state index contributed by atoms with van der Waals surface area (Å²) in [7, 11) is 0. The van der Waals surface area contributed by atoms with Crippen molar-refractivity contribution in [2.24, 2.45) is 5.92 Å². The summed E-state index contributed by atoms with van der Waals surface area (Å²) in [5.41, 5.74) is 1.95. The number of hydrogen-bond acceptors (Lipinski definition) is 6. The molecular formula is C34H49N5O4. The van der Waals surface area contributed by atoms with Gasteiger partial charge >= 0.3 is 12.2 Å². The summed E-state index contributed by atoms with van der Waals surface area (Å²) in [4.78, 5) is 38.9. The van der Waals surface area contributed by atoms with Crippen LogP contribution in [0.3, 0.4) is 0 Å². The Hall–Kier alpha value is -3.62. The number of ether oxygens (including phenoxy) is 2. The standard InChI is InChI=1S/C34H49N5O4/c1-25-29-17-21-39(30(29)36-24-35-25)28-15-14-27(22-28)23-38(32(41)43-34(5,6)7)19-11-18-37(31(40)42-33(2,3)4)20-16-26-12-9-8-10-13-26/h8-10,12-13,17,21,24,27-28H,11,14-16,18-20,22-23H2,1-7H3/t27-,28+/m1/s1. The second kappa shape index (κ2) is 13.8. The van der Waals surface area contributed by atoms with Crippen LogP contribution in [0.2, 0.25) is 0 Å². The molecule has 2 amide bonds. The van der Waals surface area contributed by atoms with Gasteiger partial charge < -0.3 is 23.8 Å². The molecule has 0 aliphatic heterocycles. The molecule has 0 unspecified atom stereocenters. The van der Waals surface area contributed by atoms with Crippen LogP contribution in [0.4, 0.5) is 9.59 Å². The fourth-order valence-corrected chi connectivity index (χ4v) is 5.74. The monoisotopic (exact) mass is 591 g/mol. The number of carbonyl (C=O) groups is 2. The Morgan fingerprint density at radius 2 is 1.53 bits per heavy atom. The van der Waals surface area contributed by atoms with E-state index in [1.807, 2.05) is 71.6 Å². The summed E-state index contributed by atoms with van der Waals surface area (Å²) in [6.07, 6.45) is 7.49. The van der Waals surface area contributed by atoms with Gasteiger partial charge in [-0.3, -0.25) is 0 Å². The summed E-state index contributed by atoms with van der Waals surface area (Å²) >= 11 is 0. The van der Waals surface area contributed by atoms with Crippen molar-refractivity contribution in [1.82, 2.24) is 24.3 Å². The van der Waals surface area contributed by atoms with Crippen molar-refractivity contribution in [2.75, 3.05) is 26.2 Å². The number of hydrogen-bond donors (Lipinski definition) is 0. The quantitative estimate of drug-likeness (QED) is 0.248. The van der Waals surface area contributed by atoms with E-state index in [9.17, 15) is 9.59 Å². The molecule has 4 rings (SSSR count). The average Bonchev–Trinajstić information content (AvgIpc) is 3.56. The normalized spacial score (nSPS) is 17.2. The summed E-state index contributed by atoms with van der Waals surface area (Å²) in [6.45, 7) is 15.5. The van der Waals surface area contributed by atoms with Gasteiger partial charge in [-0.05, 0) is 98.1 Å². The SMILES string of the molecule is Cc1ncnc2c1ccn2[C@H]1CC[C@@H](CN(CCCN(CCc2ccccc2)C(=O)OC(C)(C)C)C(=O)OC(C)(C)C)C1. The third-order valence-electron chi connectivity index (χ3n) is 7.77. The first-order valence-corrected chi connectivity index (χ1v) is 15.6. The number of benzene rings is 1. The molecule has 9 nitrogen and oxygen atoms in total. The van der Waals surface area contributed by atoms with Crippen LogP contribution < -0.4 is 0 Å². The van der Waals surface area contributed by atoms with Gasteiger partial charge in [0.1, 0.15) is 23.2 Å². The lowest BCUT2D eigenvalue weighted by Gasteiger charge is -2.31. The van der Waals surface area contributed by atoms with Crippen LogP contribution in [0.15, 0.2) is 48.9 Å². The molecule has 0 saturated heterocycles. The van der Waals surface area contributed by atoms with Gasteiger partial charge in [-0.15, -0.1) is 0 Å². The number of fused-ring (bicyclic) bond motifs is 1. The number of aryl methyl sites for hydroxylation is 1. The molecule has 1 aromatic carbocycles. The van der Waals surface area contributed by atoms with Crippen LogP contribution in [0.5, 0.6) is 0 Å². The van der Waals surface area contributed by atoms with E-state index in [1.165, 1.54) is 5.56 Å². The van der Waals surface area contributed by atoms with Gasteiger partial charge in [0.2, 0.25) is 0 Å². The van der Waals surface area contributed by atoms with Gasteiger partial charge in [0.15, 0.2) is 0 Å². The Balaban J connectivity index is 1.41. The predicted octanol–water partition coefficient (Wildman–Crippen LogP) is 7.19. The highest BCUT2D eigenvalue weighted by Crippen LogP contribution is 2.37. The van der Waals surface area contributed by atoms with E-state index in [-0.39, 0.29) is 12.2 Å². The summed E-state index contributed by atoms with van der Waals surface area (Å²) in [5, 5.41) is 1.09. The molecule has 1 aliphatic rings. The number of nitrogens with zero attached hydrogens (tertiary/aromatic N) is 5. The second-order valence-electron chi connectivity index (χ2n) is 13.7. The van der Waals surface area contributed by atoms with E-state index in [4.69, 9.17) is 9.47 Å². The van der Waals surface area contributed by atoms with Crippen LogP contribution >= 0.6 is 0 Å². The summed E-state index contributed by atoms with van der Waals surface area (Å²) in [5.74, 6) is 0.345. The van der Waals surface area contributed by atoms with Crippen molar-refractivity contribution in [3.8, 4) is 0 Å². The van der Waals surface area contributed by atoms with Crippen molar-refractivity contribution >= 4 is 23.2 Å². The molecule has 0 N–H and O–H groups in total. The minimum Gasteiger partial charge on any atom is -0.444 e. The second-order valence-corrected chi connectivity index (χ2v) is 13.7. The summed E-state index contributed by atoms with van der Waals surface area (Å²) in [6, 6.07) is 12.6. The maximum Gasteiger partial charge on any atom is 0.410 e. The number of aromatic nitrogens is 3. The minimum absolute atomic E-state index is 0.307. The molecule has 0 bridgehead atoms. The molecule has 43 heavy (non-hydrogen) atoms. The molecule has 234 valence electrons. The zero-order valence-corrected chi connectivity index (χ0v) is 27.0. The third kappa shape index (κ3) is 9.43. The number of rotatable bonds is 10. The molecule has 2 heterocycles. The van der Waals surface area contributed by atoms with Gasteiger partial charge in [0.25, 0.3) is 0 Å². The first-order chi connectivity index (χ1) is 20.3. The third-order valence-corrected chi connectivity index (χ3v) is 7.77. The predicted molar refractivity (Wildman–Crippen MR) is 169 cm³/mol. The Bertz CT molecular complexity index is 1360. The van der Waals surface area contributed by atoms with Gasteiger partial charge in [-0.2, -0.15) is 0 Å². The van der Waals surface area contributed by atoms with Crippen LogP contribution in [0, 0.1) is 12.8 Å². The fourth-order valence-electron chi connectivity index (χ4n) is 5.74. The van der Waals surface area contributed by atoms with Gasteiger partial charge in [0.05, 0.1) is 5.69 Å². The first kappa shape index (κ1) is 32.3. The van der Waals surface area contributed by atoms with E-state index >= 15 is 0 Å². The van der Waals surface area contributed by atoms with E-state index in [2.05, 4.69) is 38.9 Å². The lowest BCUT2D eigenvalue weighted by atomic mass is 10.1. The molecule has 0 radical (unpaired) electrons. The van der Waals surface area contributed by atoms with E-state index in [0.29, 0.717) is 44.6 Å². The van der Waals surface area contributed by atoms with Gasteiger partial charge in [0, 0.05) is 43.8 Å². The van der Waals surface area contributed by atoms with Crippen molar-refractivity contribution in [3.05, 3.63) is 60.2 Å². The molecular weight excluding hydrogens is 542 g/mol. The molecule has 1 fully saturated rings. The molecule has 9 heteroatoms. The molecule has 1 saturated carbocycles. The Morgan fingerprint density at radius 1 is 0.884 bits per heavy atom. The minimum atomic E-state index is -0.590. The average molecular weight is 592 g/mol.